The zero-order valence-electron chi connectivity index (χ0n) is 14.7. The maximum Gasteiger partial charge on any atom is 0.242 e. The highest BCUT2D eigenvalue weighted by Gasteiger charge is 2.37. The lowest BCUT2D eigenvalue weighted by Gasteiger charge is -2.16. The van der Waals surface area contributed by atoms with Crippen molar-refractivity contribution >= 4 is 34.2 Å². The fraction of sp³-hybridized carbons (Fsp3) is 0.333. The second-order valence-electron chi connectivity index (χ2n) is 5.60. The van der Waals surface area contributed by atoms with E-state index in [1.54, 1.807) is 44.6 Å². The van der Waals surface area contributed by atoms with Gasteiger partial charge in [0.2, 0.25) is 5.91 Å². The van der Waals surface area contributed by atoms with Crippen LogP contribution in [0, 0.1) is 0 Å². The number of hydrogen-bond acceptors (Lipinski definition) is 7. The van der Waals surface area contributed by atoms with Gasteiger partial charge in [-0.3, -0.25) is 9.69 Å². The van der Waals surface area contributed by atoms with Gasteiger partial charge in [-0.2, -0.15) is 0 Å². The number of thiocarbonyl (C=S) groups is 1. The SMILES string of the molecule is COc1cc(OC)c(OC)cc1C[C@H]1SC(=S)N(Cc2ccco2)C1=O. The van der Waals surface area contributed by atoms with Crippen LogP contribution in [-0.2, 0) is 17.8 Å². The van der Waals surface area contributed by atoms with E-state index in [9.17, 15) is 4.79 Å². The standard InChI is InChI=1S/C18H19NO5S2/c1-21-13-9-15(23-3)14(22-2)7-11(13)8-16-17(20)19(18(25)26-16)10-12-5-4-6-24-12/h4-7,9,16H,8,10H2,1-3H3/t16-/m1/s1. The van der Waals surface area contributed by atoms with Crippen LogP contribution < -0.4 is 14.2 Å². The van der Waals surface area contributed by atoms with Crippen LogP contribution in [0.2, 0.25) is 0 Å². The Hall–Kier alpha value is -2.19. The Morgan fingerprint density at radius 1 is 1.15 bits per heavy atom. The van der Waals surface area contributed by atoms with E-state index in [-0.39, 0.29) is 11.2 Å². The second kappa shape index (κ2) is 8.01. The Morgan fingerprint density at radius 2 is 1.85 bits per heavy atom. The molecule has 1 aromatic carbocycles. The molecular formula is C18H19NO5S2. The van der Waals surface area contributed by atoms with Crippen LogP contribution in [0.5, 0.6) is 17.2 Å². The average molecular weight is 393 g/mol. The largest absolute Gasteiger partial charge is 0.496 e. The lowest BCUT2D eigenvalue weighted by Crippen LogP contribution is -2.31. The fourth-order valence-corrected chi connectivity index (χ4v) is 4.30. The molecule has 1 aliphatic heterocycles. The summed E-state index contributed by atoms with van der Waals surface area (Å²) in [5, 5.41) is -0.315. The fourth-order valence-electron chi connectivity index (χ4n) is 2.78. The number of nitrogens with zero attached hydrogens (tertiary/aromatic N) is 1. The summed E-state index contributed by atoms with van der Waals surface area (Å²) in [4.78, 5) is 14.4. The number of methoxy groups -OCH3 is 3. The van der Waals surface area contributed by atoms with E-state index in [0.29, 0.717) is 40.3 Å². The zero-order valence-corrected chi connectivity index (χ0v) is 16.3. The smallest absolute Gasteiger partial charge is 0.242 e. The third-order valence-electron chi connectivity index (χ3n) is 4.09. The molecule has 1 aromatic heterocycles. The molecule has 3 rings (SSSR count). The summed E-state index contributed by atoms with van der Waals surface area (Å²) >= 11 is 6.76. The van der Waals surface area contributed by atoms with Crippen molar-refractivity contribution in [3.63, 3.8) is 0 Å². The highest BCUT2D eigenvalue weighted by Crippen LogP contribution is 2.38. The van der Waals surface area contributed by atoms with Gasteiger partial charge in [-0.25, -0.2) is 0 Å². The highest BCUT2D eigenvalue weighted by molar-refractivity contribution is 8.24. The van der Waals surface area contributed by atoms with Gasteiger partial charge < -0.3 is 18.6 Å². The first kappa shape index (κ1) is 18.6. The quantitative estimate of drug-likeness (QED) is 0.669. The van der Waals surface area contributed by atoms with E-state index in [2.05, 4.69) is 0 Å². The van der Waals surface area contributed by atoms with E-state index in [4.69, 9.17) is 30.8 Å². The summed E-state index contributed by atoms with van der Waals surface area (Å²) in [6.45, 7) is 0.344. The van der Waals surface area contributed by atoms with Gasteiger partial charge in [0.1, 0.15) is 15.8 Å². The van der Waals surface area contributed by atoms with Crippen molar-refractivity contribution in [2.24, 2.45) is 0 Å². The summed E-state index contributed by atoms with van der Waals surface area (Å²) in [5.41, 5.74) is 0.860. The lowest BCUT2D eigenvalue weighted by atomic mass is 10.1. The van der Waals surface area contributed by atoms with E-state index in [0.717, 1.165) is 5.56 Å². The molecule has 0 N–H and O–H groups in total. The van der Waals surface area contributed by atoms with Crippen LogP contribution in [0.3, 0.4) is 0 Å². The van der Waals surface area contributed by atoms with Crippen molar-refractivity contribution < 1.29 is 23.4 Å². The monoisotopic (exact) mass is 393 g/mol. The Kier molecular flexibility index (Phi) is 5.73. The van der Waals surface area contributed by atoms with Crippen molar-refractivity contribution in [1.29, 1.82) is 0 Å². The van der Waals surface area contributed by atoms with Crippen molar-refractivity contribution in [3.8, 4) is 17.2 Å². The molecular weight excluding hydrogens is 374 g/mol. The summed E-state index contributed by atoms with van der Waals surface area (Å²) in [6, 6.07) is 7.21. The molecule has 1 fully saturated rings. The van der Waals surface area contributed by atoms with Gasteiger partial charge in [-0.1, -0.05) is 24.0 Å². The molecule has 8 heteroatoms. The third-order valence-corrected chi connectivity index (χ3v) is 5.67. The third kappa shape index (κ3) is 3.66. The molecule has 1 saturated heterocycles. The number of amides is 1. The molecule has 6 nitrogen and oxygen atoms in total. The number of ether oxygens (including phenoxy) is 3. The molecule has 0 radical (unpaired) electrons. The van der Waals surface area contributed by atoms with Gasteiger partial charge in [0.15, 0.2) is 11.5 Å². The predicted octanol–water partition coefficient (Wildman–Crippen LogP) is 3.28. The topological polar surface area (TPSA) is 61.1 Å². The summed E-state index contributed by atoms with van der Waals surface area (Å²) < 4.78 is 22.0. The Bertz CT molecular complexity index is 806. The molecule has 1 amide bonds. The Morgan fingerprint density at radius 3 is 2.46 bits per heavy atom. The second-order valence-corrected chi connectivity index (χ2v) is 7.44. The van der Waals surface area contributed by atoms with Crippen LogP contribution in [0.25, 0.3) is 0 Å². The van der Waals surface area contributed by atoms with Gasteiger partial charge >= 0.3 is 0 Å². The van der Waals surface area contributed by atoms with E-state index >= 15 is 0 Å². The zero-order chi connectivity index (χ0) is 18.7. The molecule has 0 bridgehead atoms. The number of thioether (sulfide) groups is 1. The molecule has 2 aromatic rings. The maximum absolute atomic E-state index is 12.8. The molecule has 0 saturated carbocycles. The number of rotatable bonds is 7. The Balaban J connectivity index is 1.80. The molecule has 0 unspecified atom stereocenters. The minimum Gasteiger partial charge on any atom is -0.496 e. The molecule has 26 heavy (non-hydrogen) atoms. The van der Waals surface area contributed by atoms with Gasteiger partial charge in [0, 0.05) is 6.07 Å². The highest BCUT2D eigenvalue weighted by atomic mass is 32.2. The van der Waals surface area contributed by atoms with Crippen molar-refractivity contribution in [2.45, 2.75) is 18.2 Å². The van der Waals surface area contributed by atoms with Crippen LogP contribution in [0.1, 0.15) is 11.3 Å². The van der Waals surface area contributed by atoms with Crippen LogP contribution in [-0.4, -0.2) is 41.7 Å². The van der Waals surface area contributed by atoms with E-state index < -0.39 is 0 Å². The van der Waals surface area contributed by atoms with Gasteiger partial charge in [-0.05, 0) is 30.2 Å². The number of carbonyl (C=O) groups excluding carboxylic acids is 1. The van der Waals surface area contributed by atoms with Crippen LogP contribution >= 0.6 is 24.0 Å². The first-order valence-electron chi connectivity index (χ1n) is 7.90. The van der Waals surface area contributed by atoms with Gasteiger partial charge in [-0.15, -0.1) is 0 Å². The lowest BCUT2D eigenvalue weighted by molar-refractivity contribution is -0.126. The number of benzene rings is 1. The summed E-state index contributed by atoms with van der Waals surface area (Å²) in [5.74, 6) is 2.48. The van der Waals surface area contributed by atoms with Crippen molar-refractivity contribution in [3.05, 3.63) is 41.9 Å². The van der Waals surface area contributed by atoms with Crippen molar-refractivity contribution in [2.75, 3.05) is 21.3 Å². The number of furan rings is 1. The minimum atomic E-state index is -0.315. The maximum atomic E-state index is 12.8. The molecule has 0 aliphatic carbocycles. The number of carbonyl (C=O) groups is 1. The average Bonchev–Trinajstić information content (AvgIpc) is 3.25. The normalized spacial score (nSPS) is 16.9. The molecule has 1 aliphatic rings. The number of hydrogen-bond donors (Lipinski definition) is 0. The minimum absolute atomic E-state index is 0.0340. The first-order valence-corrected chi connectivity index (χ1v) is 9.19. The summed E-state index contributed by atoms with van der Waals surface area (Å²) in [6.07, 6.45) is 2.06. The Labute approximate surface area is 161 Å². The van der Waals surface area contributed by atoms with E-state index in [1.807, 2.05) is 12.1 Å². The van der Waals surface area contributed by atoms with Crippen LogP contribution in [0.15, 0.2) is 34.9 Å². The van der Waals surface area contributed by atoms with Gasteiger partial charge in [0.05, 0.1) is 39.4 Å². The first-order chi connectivity index (χ1) is 12.6. The molecule has 2 heterocycles. The molecule has 1 atom stereocenters. The van der Waals surface area contributed by atoms with Crippen molar-refractivity contribution in [1.82, 2.24) is 4.90 Å². The summed E-state index contributed by atoms with van der Waals surface area (Å²) in [7, 11) is 4.73. The predicted molar refractivity (Wildman–Crippen MR) is 103 cm³/mol. The van der Waals surface area contributed by atoms with E-state index in [1.165, 1.54) is 11.8 Å². The van der Waals surface area contributed by atoms with Crippen LogP contribution in [0.4, 0.5) is 0 Å². The van der Waals surface area contributed by atoms with Gasteiger partial charge in [0.25, 0.3) is 0 Å². The molecule has 138 valence electrons. The molecule has 0 spiro atoms.